The van der Waals surface area contributed by atoms with Gasteiger partial charge in [-0.15, -0.1) is 0 Å². The normalized spacial score (nSPS) is 14.2. The lowest BCUT2D eigenvalue weighted by Crippen LogP contribution is -2.33. The molecule has 168 valence electrons. The third-order valence-electron chi connectivity index (χ3n) is 5.77. The summed E-state index contributed by atoms with van der Waals surface area (Å²) in [7, 11) is 1.94. The quantitative estimate of drug-likeness (QED) is 0.552. The molecule has 2 aromatic carbocycles. The van der Waals surface area contributed by atoms with Gasteiger partial charge in [0.15, 0.2) is 6.61 Å². The Kier molecular flexibility index (Phi) is 6.68. The van der Waals surface area contributed by atoms with Crippen molar-refractivity contribution in [2.45, 2.75) is 51.7 Å². The van der Waals surface area contributed by atoms with Crippen molar-refractivity contribution in [1.29, 1.82) is 0 Å². The van der Waals surface area contributed by atoms with Crippen molar-refractivity contribution in [2.24, 2.45) is 0 Å². The monoisotopic (exact) mass is 438 g/mol. The number of carbonyl (C=O) groups is 1. The fourth-order valence-corrected chi connectivity index (χ4v) is 4.06. The van der Waals surface area contributed by atoms with Crippen molar-refractivity contribution >= 4 is 17.3 Å². The molecule has 3 aromatic rings. The maximum atomic E-state index is 14.9. The third kappa shape index (κ3) is 5.07. The van der Waals surface area contributed by atoms with Crippen LogP contribution in [0.1, 0.15) is 54.2 Å². The van der Waals surface area contributed by atoms with Crippen LogP contribution in [-0.2, 0) is 6.61 Å². The fourth-order valence-electron chi connectivity index (χ4n) is 4.06. The maximum absolute atomic E-state index is 14.9. The van der Waals surface area contributed by atoms with Crippen molar-refractivity contribution in [3.8, 4) is 5.75 Å². The molecule has 0 atom stereocenters. The summed E-state index contributed by atoms with van der Waals surface area (Å²) in [5.41, 5.74) is 1.27. The van der Waals surface area contributed by atoms with Crippen molar-refractivity contribution in [3.63, 3.8) is 0 Å². The summed E-state index contributed by atoms with van der Waals surface area (Å²) >= 11 is 0. The molecule has 1 heterocycles. The number of aromatic nitrogens is 2. The molecule has 1 saturated carbocycles. The van der Waals surface area contributed by atoms with Gasteiger partial charge >= 0.3 is 0 Å². The van der Waals surface area contributed by atoms with Gasteiger partial charge in [-0.1, -0.05) is 36.6 Å². The van der Waals surface area contributed by atoms with Crippen LogP contribution in [0.3, 0.4) is 0 Å². The van der Waals surface area contributed by atoms with Crippen LogP contribution >= 0.6 is 0 Å². The maximum Gasteiger partial charge on any atom is 0.259 e. The van der Waals surface area contributed by atoms with Crippen LogP contribution in [0.15, 0.2) is 47.0 Å². The molecule has 0 spiro atoms. The Morgan fingerprint density at radius 3 is 2.72 bits per heavy atom. The molecular weight excluding hydrogens is 411 g/mol. The first-order chi connectivity index (χ1) is 15.5. The number of hydrogen-bond acceptors (Lipinski definition) is 6. The zero-order valence-corrected chi connectivity index (χ0v) is 18.3. The van der Waals surface area contributed by atoms with E-state index in [0.717, 1.165) is 12.8 Å². The van der Waals surface area contributed by atoms with E-state index in [4.69, 9.17) is 9.26 Å². The highest BCUT2D eigenvalue weighted by molar-refractivity contribution is 6.06. The average Bonchev–Trinajstić information content (AvgIpc) is 3.23. The number of nitrogens with one attached hydrogen (secondary N) is 1. The standard InChI is InChI=1S/C24H27FN4O3/c1-16-26-23(28-32-16)15-31-22-11-7-6-10-19(22)24(30)27-17-12-13-21(20(25)14-17)29(2)18-8-4-3-5-9-18/h6-7,10-14,18H,3-5,8-9,15H2,1-2H3,(H,27,30). The van der Waals surface area contributed by atoms with E-state index < -0.39 is 5.91 Å². The number of benzene rings is 2. The van der Waals surface area contributed by atoms with Crippen molar-refractivity contribution in [3.05, 3.63) is 65.6 Å². The molecule has 0 saturated heterocycles. The van der Waals surface area contributed by atoms with Crippen LogP contribution < -0.4 is 15.0 Å². The molecule has 8 heteroatoms. The summed E-state index contributed by atoms with van der Waals surface area (Å²) in [6, 6.07) is 12.0. The number of anilines is 2. The van der Waals surface area contributed by atoms with Crippen LogP contribution in [0.4, 0.5) is 15.8 Å². The van der Waals surface area contributed by atoms with E-state index in [1.807, 2.05) is 11.9 Å². The van der Waals surface area contributed by atoms with Crippen molar-refractivity contribution < 1.29 is 18.4 Å². The van der Waals surface area contributed by atoms with Gasteiger partial charge in [0.1, 0.15) is 11.6 Å². The van der Waals surface area contributed by atoms with E-state index in [2.05, 4.69) is 15.5 Å². The fraction of sp³-hybridized carbons (Fsp3) is 0.375. The summed E-state index contributed by atoms with van der Waals surface area (Å²) in [6.07, 6.45) is 5.76. The summed E-state index contributed by atoms with van der Waals surface area (Å²) in [4.78, 5) is 19.0. The second-order valence-electron chi connectivity index (χ2n) is 8.04. The molecular formula is C24H27FN4O3. The molecule has 1 aliphatic rings. The van der Waals surface area contributed by atoms with Crippen molar-refractivity contribution in [2.75, 3.05) is 17.3 Å². The highest BCUT2D eigenvalue weighted by Gasteiger charge is 2.21. The summed E-state index contributed by atoms with van der Waals surface area (Å²) in [6.45, 7) is 1.76. The van der Waals surface area contributed by atoms with Gasteiger partial charge < -0.3 is 19.5 Å². The largest absolute Gasteiger partial charge is 0.485 e. The zero-order chi connectivity index (χ0) is 22.5. The molecule has 0 aliphatic heterocycles. The second kappa shape index (κ2) is 9.80. The number of nitrogens with zero attached hydrogens (tertiary/aromatic N) is 3. The van der Waals surface area contributed by atoms with E-state index in [9.17, 15) is 9.18 Å². The van der Waals surface area contributed by atoms with Gasteiger partial charge in [-0.05, 0) is 43.2 Å². The SMILES string of the molecule is Cc1nc(COc2ccccc2C(=O)Nc2ccc(N(C)C3CCCCC3)c(F)c2)no1. The Balaban J connectivity index is 1.44. The highest BCUT2D eigenvalue weighted by atomic mass is 19.1. The van der Waals surface area contributed by atoms with Gasteiger partial charge in [-0.25, -0.2) is 4.39 Å². The second-order valence-corrected chi connectivity index (χ2v) is 8.04. The van der Waals surface area contributed by atoms with Gasteiger partial charge in [0, 0.05) is 25.7 Å². The number of ether oxygens (including phenoxy) is 1. The molecule has 32 heavy (non-hydrogen) atoms. The molecule has 1 fully saturated rings. The molecule has 0 radical (unpaired) electrons. The number of para-hydroxylation sites is 1. The Labute approximate surface area is 186 Å². The molecule has 1 amide bonds. The first-order valence-corrected chi connectivity index (χ1v) is 10.9. The van der Waals surface area contributed by atoms with E-state index in [1.165, 1.54) is 25.3 Å². The number of aryl methyl sites for hydroxylation is 1. The van der Waals surface area contributed by atoms with Gasteiger partial charge in [-0.2, -0.15) is 4.98 Å². The summed E-state index contributed by atoms with van der Waals surface area (Å²) in [5, 5.41) is 6.54. The molecule has 7 nitrogen and oxygen atoms in total. The molecule has 4 rings (SSSR count). The minimum Gasteiger partial charge on any atom is -0.485 e. The Morgan fingerprint density at radius 2 is 2.00 bits per heavy atom. The number of rotatable bonds is 7. The van der Waals surface area contributed by atoms with Gasteiger partial charge in [0.25, 0.3) is 5.91 Å². The predicted molar refractivity (Wildman–Crippen MR) is 119 cm³/mol. The van der Waals surface area contributed by atoms with Crippen LogP contribution in [-0.4, -0.2) is 29.1 Å². The van der Waals surface area contributed by atoms with E-state index >= 15 is 0 Å². The van der Waals surface area contributed by atoms with Gasteiger partial charge in [0.05, 0.1) is 11.3 Å². The van der Waals surface area contributed by atoms with E-state index in [0.29, 0.717) is 40.4 Å². The lowest BCUT2D eigenvalue weighted by Gasteiger charge is -2.33. The Bertz CT molecular complexity index is 1080. The zero-order valence-electron chi connectivity index (χ0n) is 18.3. The molecule has 1 aliphatic carbocycles. The third-order valence-corrected chi connectivity index (χ3v) is 5.77. The smallest absolute Gasteiger partial charge is 0.259 e. The molecule has 1 N–H and O–H groups in total. The van der Waals surface area contributed by atoms with Crippen LogP contribution in [0.2, 0.25) is 0 Å². The number of hydrogen-bond donors (Lipinski definition) is 1. The lowest BCUT2D eigenvalue weighted by atomic mass is 9.94. The molecule has 0 bridgehead atoms. The number of amides is 1. The van der Waals surface area contributed by atoms with E-state index in [1.54, 1.807) is 43.3 Å². The highest BCUT2D eigenvalue weighted by Crippen LogP contribution is 2.29. The first-order valence-electron chi connectivity index (χ1n) is 10.9. The average molecular weight is 439 g/mol. The summed E-state index contributed by atoms with van der Waals surface area (Å²) < 4.78 is 25.5. The first kappa shape index (κ1) is 21.8. The minimum absolute atomic E-state index is 0.0679. The molecule has 0 unspecified atom stereocenters. The molecule has 1 aromatic heterocycles. The predicted octanol–water partition coefficient (Wildman–Crippen LogP) is 5.12. The summed E-state index contributed by atoms with van der Waals surface area (Å²) in [5.74, 6) is 0.457. The Hall–Kier alpha value is -3.42. The lowest BCUT2D eigenvalue weighted by molar-refractivity contribution is 0.102. The number of carbonyl (C=O) groups excluding carboxylic acids is 1. The van der Waals surface area contributed by atoms with Gasteiger partial charge in [0.2, 0.25) is 11.7 Å². The topological polar surface area (TPSA) is 80.5 Å². The Morgan fingerprint density at radius 1 is 1.22 bits per heavy atom. The van der Waals surface area contributed by atoms with Crippen molar-refractivity contribution in [1.82, 2.24) is 10.1 Å². The number of halogens is 1. The van der Waals surface area contributed by atoms with Crippen LogP contribution in [0.5, 0.6) is 5.75 Å². The minimum atomic E-state index is -0.391. The van der Waals surface area contributed by atoms with Crippen LogP contribution in [0, 0.1) is 12.7 Å². The van der Waals surface area contributed by atoms with E-state index in [-0.39, 0.29) is 12.4 Å². The van der Waals surface area contributed by atoms with Gasteiger partial charge in [-0.3, -0.25) is 4.79 Å². The van der Waals surface area contributed by atoms with Crippen LogP contribution in [0.25, 0.3) is 0 Å².